The Hall–Kier alpha value is -3.00. The maximum atomic E-state index is 12.4. The van der Waals surface area contributed by atoms with Gasteiger partial charge >= 0.3 is 0 Å². The Morgan fingerprint density at radius 1 is 1.03 bits per heavy atom. The third-order valence-electron chi connectivity index (χ3n) is 5.04. The van der Waals surface area contributed by atoms with Gasteiger partial charge in [-0.3, -0.25) is 4.79 Å². The van der Waals surface area contributed by atoms with Crippen LogP contribution in [-0.4, -0.2) is 40.6 Å². The molecular formula is C23H28N4O3S. The highest BCUT2D eigenvalue weighted by Crippen LogP contribution is 2.29. The lowest BCUT2D eigenvalue weighted by Crippen LogP contribution is -2.15. The molecule has 2 aromatic carbocycles. The molecule has 3 aromatic rings. The zero-order valence-electron chi connectivity index (χ0n) is 18.6. The van der Waals surface area contributed by atoms with Gasteiger partial charge in [-0.2, -0.15) is 0 Å². The lowest BCUT2D eigenvalue weighted by atomic mass is 10.1. The molecule has 0 saturated carbocycles. The molecule has 1 amide bonds. The number of thioether (sulfide) groups is 1. The average molecular weight is 441 g/mol. The molecule has 0 aliphatic rings. The van der Waals surface area contributed by atoms with Crippen LogP contribution in [0.2, 0.25) is 0 Å². The largest absolute Gasteiger partial charge is 0.493 e. The van der Waals surface area contributed by atoms with E-state index in [9.17, 15) is 4.79 Å². The van der Waals surface area contributed by atoms with Gasteiger partial charge in [-0.25, -0.2) is 0 Å². The van der Waals surface area contributed by atoms with E-state index in [-0.39, 0.29) is 11.7 Å². The summed E-state index contributed by atoms with van der Waals surface area (Å²) in [5.74, 6) is 2.41. The van der Waals surface area contributed by atoms with Crippen LogP contribution in [0.25, 0.3) is 0 Å². The Kier molecular flexibility index (Phi) is 7.57. The predicted octanol–water partition coefficient (Wildman–Crippen LogP) is 4.25. The molecule has 1 aromatic heterocycles. The Morgan fingerprint density at radius 3 is 2.48 bits per heavy atom. The summed E-state index contributed by atoms with van der Waals surface area (Å²) in [7, 11) is 3.23. The first-order valence-electron chi connectivity index (χ1n) is 10.1. The van der Waals surface area contributed by atoms with E-state index in [1.807, 2.05) is 61.7 Å². The molecule has 1 N–H and O–H groups in total. The molecule has 0 spiro atoms. The first-order valence-corrected chi connectivity index (χ1v) is 11.1. The Morgan fingerprint density at radius 2 is 1.81 bits per heavy atom. The summed E-state index contributed by atoms with van der Waals surface area (Å²) in [5, 5.41) is 12.3. The number of anilines is 1. The van der Waals surface area contributed by atoms with Crippen LogP contribution in [0.3, 0.4) is 0 Å². The fourth-order valence-corrected chi connectivity index (χ4v) is 4.01. The van der Waals surface area contributed by atoms with Crippen LogP contribution in [0.15, 0.2) is 41.6 Å². The minimum Gasteiger partial charge on any atom is -0.493 e. The van der Waals surface area contributed by atoms with Gasteiger partial charge < -0.3 is 19.4 Å². The van der Waals surface area contributed by atoms with Crippen molar-refractivity contribution in [2.75, 3.05) is 25.3 Å². The van der Waals surface area contributed by atoms with E-state index >= 15 is 0 Å². The number of benzene rings is 2. The Labute approximate surface area is 187 Å². The third kappa shape index (κ3) is 5.58. The maximum Gasteiger partial charge on any atom is 0.234 e. The van der Waals surface area contributed by atoms with Crippen LogP contribution in [0.4, 0.5) is 5.69 Å². The molecule has 0 unspecified atom stereocenters. The number of aryl methyl sites for hydroxylation is 2. The first-order chi connectivity index (χ1) is 14.9. The minimum absolute atomic E-state index is 0.0691. The highest BCUT2D eigenvalue weighted by molar-refractivity contribution is 7.99. The number of carbonyl (C=O) groups excluding carboxylic acids is 1. The summed E-state index contributed by atoms with van der Waals surface area (Å²) in [6, 6.07) is 11.7. The van der Waals surface area contributed by atoms with E-state index in [1.54, 1.807) is 14.2 Å². The van der Waals surface area contributed by atoms with E-state index in [0.29, 0.717) is 17.9 Å². The highest BCUT2D eigenvalue weighted by atomic mass is 32.2. The van der Waals surface area contributed by atoms with Crippen molar-refractivity contribution in [1.82, 2.24) is 14.8 Å². The third-order valence-corrected chi connectivity index (χ3v) is 6.01. The molecule has 0 aliphatic heterocycles. The smallest absolute Gasteiger partial charge is 0.234 e. The Balaban J connectivity index is 1.65. The van der Waals surface area contributed by atoms with Gasteiger partial charge in [-0.05, 0) is 61.7 Å². The summed E-state index contributed by atoms with van der Waals surface area (Å²) < 4.78 is 12.7. The summed E-state index contributed by atoms with van der Waals surface area (Å²) in [6.07, 6.45) is 0.608. The number of nitrogens with one attached hydrogen (secondary N) is 1. The number of methoxy groups -OCH3 is 2. The minimum atomic E-state index is -0.0691. The van der Waals surface area contributed by atoms with Gasteiger partial charge in [-0.1, -0.05) is 23.9 Å². The molecule has 31 heavy (non-hydrogen) atoms. The highest BCUT2D eigenvalue weighted by Gasteiger charge is 2.15. The van der Waals surface area contributed by atoms with Crippen LogP contribution in [-0.2, 0) is 17.8 Å². The quantitative estimate of drug-likeness (QED) is 0.501. The van der Waals surface area contributed by atoms with Gasteiger partial charge in [-0.15, -0.1) is 10.2 Å². The van der Waals surface area contributed by atoms with Crippen LogP contribution < -0.4 is 14.8 Å². The first kappa shape index (κ1) is 22.7. The second-order valence-electron chi connectivity index (χ2n) is 7.15. The zero-order valence-corrected chi connectivity index (χ0v) is 19.4. The molecule has 164 valence electrons. The summed E-state index contributed by atoms with van der Waals surface area (Å²) in [4.78, 5) is 12.4. The molecule has 3 rings (SSSR count). The summed E-state index contributed by atoms with van der Waals surface area (Å²) in [6.45, 7) is 6.84. The van der Waals surface area contributed by atoms with Crippen molar-refractivity contribution in [3.8, 4) is 11.5 Å². The van der Waals surface area contributed by atoms with Crippen LogP contribution in [0.5, 0.6) is 11.5 Å². The van der Waals surface area contributed by atoms with Crippen molar-refractivity contribution in [1.29, 1.82) is 0 Å². The van der Waals surface area contributed by atoms with Gasteiger partial charge in [0.05, 0.1) is 20.0 Å². The maximum absolute atomic E-state index is 12.4. The number of ether oxygens (including phenoxy) is 2. The molecule has 0 bridgehead atoms. The second kappa shape index (κ2) is 10.3. The van der Waals surface area contributed by atoms with Crippen molar-refractivity contribution in [2.24, 2.45) is 0 Å². The van der Waals surface area contributed by atoms with Gasteiger partial charge in [0, 0.05) is 18.7 Å². The van der Waals surface area contributed by atoms with Crippen molar-refractivity contribution in [3.63, 3.8) is 0 Å². The van der Waals surface area contributed by atoms with Crippen molar-refractivity contribution in [3.05, 3.63) is 58.9 Å². The van der Waals surface area contributed by atoms with Crippen molar-refractivity contribution in [2.45, 2.75) is 38.9 Å². The molecule has 0 atom stereocenters. The predicted molar refractivity (Wildman–Crippen MR) is 123 cm³/mol. The van der Waals surface area contributed by atoms with Crippen LogP contribution in [0, 0.1) is 13.8 Å². The zero-order chi connectivity index (χ0) is 22.4. The molecule has 7 nitrogen and oxygen atoms in total. The lowest BCUT2D eigenvalue weighted by Gasteiger charge is -2.11. The number of amides is 1. The number of nitrogens with zero attached hydrogens (tertiary/aromatic N) is 3. The van der Waals surface area contributed by atoms with Crippen molar-refractivity contribution < 1.29 is 14.3 Å². The molecular weight excluding hydrogens is 412 g/mol. The fourth-order valence-electron chi connectivity index (χ4n) is 3.19. The Bertz CT molecular complexity index is 1060. The van der Waals surface area contributed by atoms with Gasteiger partial charge in [0.2, 0.25) is 5.91 Å². The number of carbonyl (C=O) groups is 1. The monoisotopic (exact) mass is 440 g/mol. The van der Waals surface area contributed by atoms with E-state index in [2.05, 4.69) is 15.5 Å². The normalized spacial score (nSPS) is 10.7. The van der Waals surface area contributed by atoms with E-state index in [1.165, 1.54) is 17.3 Å². The SMILES string of the molecule is CCn1c(Cc2ccc(OC)c(OC)c2)nnc1SCC(=O)Nc1ccc(C)c(C)c1. The van der Waals surface area contributed by atoms with Gasteiger partial charge in [0.25, 0.3) is 0 Å². The van der Waals surface area contributed by atoms with Gasteiger partial charge in [0.1, 0.15) is 5.82 Å². The number of rotatable bonds is 9. The fraction of sp³-hybridized carbons (Fsp3) is 0.348. The summed E-state index contributed by atoms with van der Waals surface area (Å²) in [5.41, 5.74) is 4.20. The average Bonchev–Trinajstić information content (AvgIpc) is 3.16. The molecule has 0 aliphatic carbocycles. The van der Waals surface area contributed by atoms with Crippen molar-refractivity contribution >= 4 is 23.4 Å². The molecule has 1 heterocycles. The van der Waals surface area contributed by atoms with E-state index in [0.717, 1.165) is 34.3 Å². The van der Waals surface area contributed by atoms with E-state index in [4.69, 9.17) is 9.47 Å². The van der Waals surface area contributed by atoms with Crippen LogP contribution >= 0.6 is 11.8 Å². The molecule has 0 fully saturated rings. The topological polar surface area (TPSA) is 78.3 Å². The number of hydrogen-bond donors (Lipinski definition) is 1. The standard InChI is InChI=1S/C23H28N4O3S/c1-6-27-21(13-17-8-10-19(29-4)20(12-17)30-5)25-26-23(27)31-14-22(28)24-18-9-7-15(2)16(3)11-18/h7-12H,6,13-14H2,1-5H3,(H,24,28). The molecule has 0 radical (unpaired) electrons. The molecule has 8 heteroatoms. The lowest BCUT2D eigenvalue weighted by molar-refractivity contribution is -0.113. The van der Waals surface area contributed by atoms with Crippen LogP contribution in [0.1, 0.15) is 29.4 Å². The number of aromatic nitrogens is 3. The molecule has 0 saturated heterocycles. The summed E-state index contributed by atoms with van der Waals surface area (Å²) >= 11 is 1.38. The number of hydrogen-bond acceptors (Lipinski definition) is 6. The second-order valence-corrected chi connectivity index (χ2v) is 8.09. The van der Waals surface area contributed by atoms with Gasteiger partial charge in [0.15, 0.2) is 16.7 Å². The van der Waals surface area contributed by atoms with E-state index < -0.39 is 0 Å².